The Bertz CT molecular complexity index is 815. The van der Waals surface area contributed by atoms with Gasteiger partial charge in [0.25, 0.3) is 0 Å². The number of ether oxygens (including phenoxy) is 2. The fourth-order valence-corrected chi connectivity index (χ4v) is 2.69. The molecule has 3 rings (SSSR count). The Labute approximate surface area is 188 Å². The molecule has 2 aromatic rings. The molecule has 2 aromatic carbocycles. The van der Waals surface area contributed by atoms with E-state index in [4.69, 9.17) is 9.47 Å². The quantitative estimate of drug-likeness (QED) is 0.316. The first kappa shape index (κ1) is 22.8. The topological polar surface area (TPSA) is 84.0 Å². The van der Waals surface area contributed by atoms with Crippen LogP contribution in [0.2, 0.25) is 0 Å². The van der Waals surface area contributed by atoms with Crippen LogP contribution in [0, 0.1) is 0 Å². The SMILES string of the molecule is CCNC(=NCC(=O)NCc1ccccc1)Nc1ccc2c(c1)OCCCO2.I. The maximum atomic E-state index is 12.1. The third-order valence-electron chi connectivity index (χ3n) is 4.07. The average Bonchev–Trinajstić information content (AvgIpc) is 2.96. The molecule has 1 heterocycles. The van der Waals surface area contributed by atoms with E-state index in [1.165, 1.54) is 0 Å². The number of nitrogens with one attached hydrogen (secondary N) is 3. The van der Waals surface area contributed by atoms with Crippen molar-refractivity contribution in [1.82, 2.24) is 10.6 Å². The molecule has 0 atom stereocenters. The van der Waals surface area contributed by atoms with Gasteiger partial charge in [-0.05, 0) is 24.6 Å². The number of amides is 1. The highest BCUT2D eigenvalue weighted by molar-refractivity contribution is 14.0. The lowest BCUT2D eigenvalue weighted by Crippen LogP contribution is -2.33. The van der Waals surface area contributed by atoms with E-state index < -0.39 is 0 Å². The van der Waals surface area contributed by atoms with Gasteiger partial charge in [-0.2, -0.15) is 0 Å². The highest BCUT2D eigenvalue weighted by atomic mass is 127. The fraction of sp³-hybridized carbons (Fsp3) is 0.333. The second kappa shape index (κ2) is 12.2. The smallest absolute Gasteiger partial charge is 0.242 e. The maximum absolute atomic E-state index is 12.1. The van der Waals surface area contributed by atoms with Gasteiger partial charge in [0.15, 0.2) is 17.5 Å². The summed E-state index contributed by atoms with van der Waals surface area (Å²) < 4.78 is 11.4. The van der Waals surface area contributed by atoms with Crippen LogP contribution in [0.5, 0.6) is 11.5 Å². The van der Waals surface area contributed by atoms with Gasteiger partial charge in [0.05, 0.1) is 13.2 Å². The minimum absolute atomic E-state index is 0. The van der Waals surface area contributed by atoms with E-state index in [-0.39, 0.29) is 36.4 Å². The van der Waals surface area contributed by atoms with Gasteiger partial charge in [0.2, 0.25) is 5.91 Å². The summed E-state index contributed by atoms with van der Waals surface area (Å²) in [5.74, 6) is 1.84. The van der Waals surface area contributed by atoms with E-state index in [0.29, 0.717) is 38.0 Å². The summed E-state index contributed by atoms with van der Waals surface area (Å²) in [4.78, 5) is 16.5. The second-order valence-electron chi connectivity index (χ2n) is 6.29. The highest BCUT2D eigenvalue weighted by Gasteiger charge is 2.11. The zero-order valence-electron chi connectivity index (χ0n) is 16.4. The van der Waals surface area contributed by atoms with E-state index in [0.717, 1.165) is 23.4 Å². The number of rotatable bonds is 6. The predicted octanol–water partition coefficient (Wildman–Crippen LogP) is 3.16. The van der Waals surface area contributed by atoms with Crippen LogP contribution in [0.1, 0.15) is 18.9 Å². The van der Waals surface area contributed by atoms with Crippen molar-refractivity contribution in [1.29, 1.82) is 0 Å². The molecule has 7 nitrogen and oxygen atoms in total. The standard InChI is InChI=1S/C21H26N4O3.HI/c1-2-22-21(24-15-20(26)23-14-16-7-4-3-5-8-16)25-17-9-10-18-19(13-17)28-12-6-11-27-18;/h3-5,7-10,13H,2,6,11-12,14-15H2,1H3,(H,23,26)(H2,22,24,25);1H. The molecule has 0 bridgehead atoms. The van der Waals surface area contributed by atoms with E-state index in [2.05, 4.69) is 20.9 Å². The van der Waals surface area contributed by atoms with Gasteiger partial charge < -0.3 is 25.4 Å². The van der Waals surface area contributed by atoms with Crippen LogP contribution in [0.15, 0.2) is 53.5 Å². The molecule has 3 N–H and O–H groups in total. The van der Waals surface area contributed by atoms with Crippen molar-refractivity contribution in [2.45, 2.75) is 19.9 Å². The van der Waals surface area contributed by atoms with E-state index in [9.17, 15) is 4.79 Å². The van der Waals surface area contributed by atoms with Gasteiger partial charge in [-0.1, -0.05) is 30.3 Å². The van der Waals surface area contributed by atoms with Gasteiger partial charge in [0.1, 0.15) is 6.54 Å². The molecular weight excluding hydrogens is 483 g/mol. The number of hydrogen-bond acceptors (Lipinski definition) is 4. The minimum Gasteiger partial charge on any atom is -0.490 e. The Hall–Kier alpha value is -2.49. The predicted molar refractivity (Wildman–Crippen MR) is 125 cm³/mol. The maximum Gasteiger partial charge on any atom is 0.242 e. The van der Waals surface area contributed by atoms with Crippen molar-refractivity contribution in [2.75, 3.05) is 31.6 Å². The monoisotopic (exact) mass is 510 g/mol. The van der Waals surface area contributed by atoms with Crippen molar-refractivity contribution in [3.05, 3.63) is 54.1 Å². The molecule has 0 radical (unpaired) electrons. The highest BCUT2D eigenvalue weighted by Crippen LogP contribution is 2.32. The molecule has 0 unspecified atom stereocenters. The van der Waals surface area contributed by atoms with E-state index in [1.54, 1.807) is 0 Å². The molecule has 1 amide bonds. The molecule has 1 aliphatic rings. The zero-order valence-corrected chi connectivity index (χ0v) is 18.8. The van der Waals surface area contributed by atoms with Crippen LogP contribution in [-0.4, -0.2) is 38.2 Å². The third kappa shape index (κ3) is 7.45. The average molecular weight is 510 g/mol. The van der Waals surface area contributed by atoms with Crippen LogP contribution in [0.4, 0.5) is 5.69 Å². The molecule has 0 aromatic heterocycles. The fourth-order valence-electron chi connectivity index (χ4n) is 2.69. The number of fused-ring (bicyclic) bond motifs is 1. The van der Waals surface area contributed by atoms with Crippen molar-refractivity contribution in [3.63, 3.8) is 0 Å². The zero-order chi connectivity index (χ0) is 19.6. The number of benzene rings is 2. The molecule has 0 saturated heterocycles. The van der Waals surface area contributed by atoms with Crippen molar-refractivity contribution < 1.29 is 14.3 Å². The van der Waals surface area contributed by atoms with Crippen molar-refractivity contribution >= 4 is 41.5 Å². The van der Waals surface area contributed by atoms with E-state index in [1.807, 2.05) is 55.5 Å². The number of nitrogens with zero attached hydrogens (tertiary/aromatic N) is 1. The lowest BCUT2D eigenvalue weighted by molar-refractivity contribution is -0.119. The normalized spacial score (nSPS) is 12.9. The minimum atomic E-state index is -0.139. The number of anilines is 1. The number of aliphatic imine (C=N–C) groups is 1. The lowest BCUT2D eigenvalue weighted by Gasteiger charge is -2.13. The second-order valence-corrected chi connectivity index (χ2v) is 6.29. The summed E-state index contributed by atoms with van der Waals surface area (Å²) >= 11 is 0. The Kier molecular flexibility index (Phi) is 9.55. The summed E-state index contributed by atoms with van der Waals surface area (Å²) in [6, 6.07) is 15.4. The van der Waals surface area contributed by atoms with Crippen LogP contribution >= 0.6 is 24.0 Å². The summed E-state index contributed by atoms with van der Waals surface area (Å²) in [7, 11) is 0. The Morgan fingerprint density at radius 1 is 1.03 bits per heavy atom. The number of carbonyl (C=O) groups excluding carboxylic acids is 1. The summed E-state index contributed by atoms with van der Waals surface area (Å²) in [5, 5.41) is 9.21. The van der Waals surface area contributed by atoms with Gasteiger partial charge in [0, 0.05) is 31.3 Å². The van der Waals surface area contributed by atoms with Gasteiger partial charge in [-0.3, -0.25) is 4.79 Å². The number of hydrogen-bond donors (Lipinski definition) is 3. The summed E-state index contributed by atoms with van der Waals surface area (Å²) in [6.45, 7) is 4.46. The van der Waals surface area contributed by atoms with Gasteiger partial charge in [-0.25, -0.2) is 4.99 Å². The van der Waals surface area contributed by atoms with E-state index >= 15 is 0 Å². The summed E-state index contributed by atoms with van der Waals surface area (Å²) in [5.41, 5.74) is 1.87. The Morgan fingerprint density at radius 3 is 2.55 bits per heavy atom. The lowest BCUT2D eigenvalue weighted by atomic mass is 10.2. The molecule has 0 fully saturated rings. The Morgan fingerprint density at radius 2 is 1.79 bits per heavy atom. The number of guanidine groups is 1. The number of carbonyl (C=O) groups is 1. The molecule has 1 aliphatic heterocycles. The molecule has 29 heavy (non-hydrogen) atoms. The molecule has 8 heteroatoms. The molecule has 156 valence electrons. The van der Waals surface area contributed by atoms with Gasteiger partial charge >= 0.3 is 0 Å². The van der Waals surface area contributed by atoms with Gasteiger partial charge in [-0.15, -0.1) is 24.0 Å². The van der Waals surface area contributed by atoms with Crippen molar-refractivity contribution in [3.8, 4) is 11.5 Å². The first-order valence-corrected chi connectivity index (χ1v) is 9.50. The van der Waals surface area contributed by atoms with Crippen molar-refractivity contribution in [2.24, 2.45) is 4.99 Å². The van der Waals surface area contributed by atoms with Crippen LogP contribution in [-0.2, 0) is 11.3 Å². The Balaban J connectivity index is 0.00000300. The first-order chi connectivity index (χ1) is 13.7. The largest absolute Gasteiger partial charge is 0.490 e. The third-order valence-corrected chi connectivity index (χ3v) is 4.07. The molecule has 0 saturated carbocycles. The summed E-state index contributed by atoms with van der Waals surface area (Å²) in [6.07, 6.45) is 0.861. The first-order valence-electron chi connectivity index (χ1n) is 9.50. The molecular formula is C21H27IN4O3. The van der Waals surface area contributed by atoms with Crippen LogP contribution in [0.25, 0.3) is 0 Å². The molecule has 0 aliphatic carbocycles. The number of halogens is 1. The van der Waals surface area contributed by atoms with Crippen LogP contribution < -0.4 is 25.4 Å². The molecule has 0 spiro atoms. The van der Waals surface area contributed by atoms with Crippen LogP contribution in [0.3, 0.4) is 0 Å².